The molecule has 1 aromatic carbocycles. The summed E-state index contributed by atoms with van der Waals surface area (Å²) < 4.78 is 13.4. The summed E-state index contributed by atoms with van der Waals surface area (Å²) in [6.07, 6.45) is 5.14. The number of aromatic nitrogens is 3. The summed E-state index contributed by atoms with van der Waals surface area (Å²) in [5.41, 5.74) is 3.82. The molecule has 1 aliphatic rings. The molecule has 3 aromatic heterocycles. The highest BCUT2D eigenvalue weighted by atomic mass is 16.5. The van der Waals surface area contributed by atoms with Crippen molar-refractivity contribution < 1.29 is 24.2 Å². The van der Waals surface area contributed by atoms with Crippen molar-refractivity contribution in [2.24, 2.45) is 0 Å². The van der Waals surface area contributed by atoms with Gasteiger partial charge in [0.05, 0.1) is 30.5 Å². The Morgan fingerprint density at radius 3 is 2.49 bits per heavy atom. The molecule has 4 aromatic rings. The highest BCUT2D eigenvalue weighted by Gasteiger charge is 2.47. The van der Waals surface area contributed by atoms with E-state index in [0.717, 1.165) is 11.1 Å². The third-order valence-electron chi connectivity index (χ3n) is 6.81. The number of amides is 1. The molecule has 1 atom stereocenters. The van der Waals surface area contributed by atoms with Crippen LogP contribution < -0.4 is 9.47 Å². The first-order valence-electron chi connectivity index (χ1n) is 12.9. The van der Waals surface area contributed by atoms with Crippen LogP contribution >= 0.6 is 0 Å². The summed E-state index contributed by atoms with van der Waals surface area (Å²) in [5.74, 6) is -0.766. The molecule has 0 aliphatic carbocycles. The van der Waals surface area contributed by atoms with E-state index in [2.05, 4.69) is 9.97 Å². The molecule has 0 radical (unpaired) electrons. The van der Waals surface area contributed by atoms with Gasteiger partial charge in [-0.3, -0.25) is 14.6 Å². The molecule has 9 heteroatoms. The number of fused-ring (bicyclic) bond motifs is 1. The van der Waals surface area contributed by atoms with E-state index in [1.807, 2.05) is 56.5 Å². The Labute approximate surface area is 226 Å². The number of aliphatic hydroxyl groups excluding tert-OH is 1. The lowest BCUT2D eigenvalue weighted by atomic mass is 9.95. The summed E-state index contributed by atoms with van der Waals surface area (Å²) in [4.78, 5) is 37.3. The van der Waals surface area contributed by atoms with Gasteiger partial charge in [-0.2, -0.15) is 0 Å². The number of rotatable bonds is 8. The van der Waals surface area contributed by atoms with E-state index in [9.17, 15) is 14.7 Å². The summed E-state index contributed by atoms with van der Waals surface area (Å²) in [6.45, 7) is 8.47. The van der Waals surface area contributed by atoms with Crippen LogP contribution in [0.25, 0.3) is 11.4 Å². The summed E-state index contributed by atoms with van der Waals surface area (Å²) in [5, 5.41) is 11.6. The quantitative estimate of drug-likeness (QED) is 0.200. The van der Waals surface area contributed by atoms with Crippen molar-refractivity contribution in [3.8, 4) is 11.5 Å². The zero-order chi connectivity index (χ0) is 27.7. The third-order valence-corrected chi connectivity index (χ3v) is 6.81. The van der Waals surface area contributed by atoms with Crippen molar-refractivity contribution in [1.82, 2.24) is 19.3 Å². The maximum Gasteiger partial charge on any atom is 0.295 e. The number of carbonyl (C=O) groups excluding carboxylic acids is 2. The fraction of sp³-hybridized carbons (Fsp3) is 0.267. The molecule has 4 heterocycles. The van der Waals surface area contributed by atoms with E-state index in [4.69, 9.17) is 9.47 Å². The number of likely N-dealkylation sites (tertiary alicyclic amines) is 1. The predicted octanol–water partition coefficient (Wildman–Crippen LogP) is 4.77. The highest BCUT2D eigenvalue weighted by Crippen LogP contribution is 2.43. The van der Waals surface area contributed by atoms with Gasteiger partial charge in [-0.15, -0.1) is 0 Å². The molecule has 1 amide bonds. The summed E-state index contributed by atoms with van der Waals surface area (Å²) in [6, 6.07) is 11.8. The first-order valence-corrected chi connectivity index (χ1v) is 12.9. The van der Waals surface area contributed by atoms with Gasteiger partial charge in [-0.1, -0.05) is 18.2 Å². The number of aliphatic hydroxyl groups is 1. The number of nitrogens with zero attached hydrogens (tertiary/aromatic N) is 4. The van der Waals surface area contributed by atoms with Gasteiger partial charge in [-0.25, -0.2) is 4.98 Å². The molecule has 0 saturated carbocycles. The van der Waals surface area contributed by atoms with Gasteiger partial charge in [0.15, 0.2) is 17.3 Å². The summed E-state index contributed by atoms with van der Waals surface area (Å²) in [7, 11) is 0. The number of benzene rings is 1. The van der Waals surface area contributed by atoms with E-state index in [0.29, 0.717) is 41.6 Å². The van der Waals surface area contributed by atoms with Crippen molar-refractivity contribution in [3.05, 3.63) is 94.7 Å². The SMILES string of the molecule is CCOc1ccc(C2C(=C(O)c3nc4c(C)cccn4c3C)C(=O)C(=O)N2Cc2cccnc2)cc1OCC. The van der Waals surface area contributed by atoms with Crippen molar-refractivity contribution in [1.29, 1.82) is 0 Å². The molecular formula is C30H30N4O5. The second-order valence-corrected chi connectivity index (χ2v) is 9.29. The number of Topliss-reactive ketones (excluding diaryl/α,β-unsaturated/α-hetero) is 1. The highest BCUT2D eigenvalue weighted by molar-refractivity contribution is 6.46. The van der Waals surface area contributed by atoms with Crippen molar-refractivity contribution >= 4 is 23.1 Å². The van der Waals surface area contributed by atoms with Gasteiger partial charge in [0.25, 0.3) is 11.7 Å². The smallest absolute Gasteiger partial charge is 0.295 e. The van der Waals surface area contributed by atoms with Crippen LogP contribution in [0.1, 0.15) is 48.0 Å². The minimum absolute atomic E-state index is 0.0281. The molecule has 9 nitrogen and oxygen atoms in total. The third kappa shape index (κ3) is 4.60. The summed E-state index contributed by atoms with van der Waals surface area (Å²) >= 11 is 0. The topological polar surface area (TPSA) is 106 Å². The fourth-order valence-electron chi connectivity index (χ4n) is 4.99. The first-order chi connectivity index (χ1) is 18.8. The Balaban J connectivity index is 1.71. The van der Waals surface area contributed by atoms with Gasteiger partial charge in [-0.05, 0) is 68.7 Å². The Hall–Kier alpha value is -4.66. The lowest BCUT2D eigenvalue weighted by molar-refractivity contribution is -0.140. The number of pyridine rings is 2. The van der Waals surface area contributed by atoms with Crippen LogP contribution in [0.4, 0.5) is 0 Å². The Morgan fingerprint density at radius 2 is 1.79 bits per heavy atom. The largest absolute Gasteiger partial charge is 0.505 e. The molecule has 1 saturated heterocycles. The Kier molecular flexibility index (Phi) is 7.06. The van der Waals surface area contributed by atoms with Gasteiger partial charge in [0.2, 0.25) is 0 Å². The van der Waals surface area contributed by atoms with E-state index in [1.54, 1.807) is 36.7 Å². The molecule has 39 heavy (non-hydrogen) atoms. The number of hydrogen-bond acceptors (Lipinski definition) is 7. The van der Waals surface area contributed by atoms with Crippen LogP contribution in [0.2, 0.25) is 0 Å². The number of hydrogen-bond donors (Lipinski definition) is 1. The van der Waals surface area contributed by atoms with E-state index in [-0.39, 0.29) is 23.6 Å². The van der Waals surface area contributed by atoms with Crippen LogP contribution in [0.15, 0.2) is 66.6 Å². The monoisotopic (exact) mass is 526 g/mol. The zero-order valence-electron chi connectivity index (χ0n) is 22.3. The van der Waals surface area contributed by atoms with Crippen LogP contribution in [0, 0.1) is 13.8 Å². The average molecular weight is 527 g/mol. The fourth-order valence-corrected chi connectivity index (χ4v) is 4.99. The van der Waals surface area contributed by atoms with Crippen LogP contribution in [0.3, 0.4) is 0 Å². The van der Waals surface area contributed by atoms with E-state index in [1.165, 1.54) is 4.90 Å². The normalized spacial score (nSPS) is 16.7. The van der Waals surface area contributed by atoms with Gasteiger partial charge in [0, 0.05) is 25.1 Å². The molecule has 5 rings (SSSR count). The van der Waals surface area contributed by atoms with E-state index >= 15 is 0 Å². The molecule has 200 valence electrons. The molecule has 0 spiro atoms. The minimum Gasteiger partial charge on any atom is -0.505 e. The molecular weight excluding hydrogens is 496 g/mol. The maximum absolute atomic E-state index is 13.6. The zero-order valence-corrected chi connectivity index (χ0v) is 22.3. The molecule has 1 unspecified atom stereocenters. The number of carbonyl (C=O) groups is 2. The lowest BCUT2D eigenvalue weighted by Gasteiger charge is -2.26. The maximum atomic E-state index is 13.6. The van der Waals surface area contributed by atoms with Gasteiger partial charge < -0.3 is 23.9 Å². The number of ketones is 1. The Morgan fingerprint density at radius 1 is 1.03 bits per heavy atom. The van der Waals surface area contributed by atoms with Crippen LogP contribution in [-0.4, -0.2) is 49.3 Å². The number of ether oxygens (including phenoxy) is 2. The van der Waals surface area contributed by atoms with Crippen LogP contribution in [0.5, 0.6) is 11.5 Å². The molecule has 1 N–H and O–H groups in total. The second kappa shape index (κ2) is 10.6. The van der Waals surface area contributed by atoms with Crippen molar-refractivity contribution in [2.45, 2.75) is 40.3 Å². The predicted molar refractivity (Wildman–Crippen MR) is 146 cm³/mol. The minimum atomic E-state index is -0.884. The van der Waals surface area contributed by atoms with E-state index < -0.39 is 17.7 Å². The van der Waals surface area contributed by atoms with Gasteiger partial charge in [0.1, 0.15) is 11.3 Å². The Bertz CT molecular complexity index is 1590. The second-order valence-electron chi connectivity index (χ2n) is 9.29. The molecule has 1 fully saturated rings. The first kappa shape index (κ1) is 26.0. The standard InChI is InChI=1S/C30H30N4O5/c1-5-38-22-12-11-21(15-23(22)39-6-2)26-24(28(36)30(37)34(26)17-20-10-7-13-31-16-20)27(35)25-19(4)33-14-8-9-18(3)29(33)32-25/h7-16,26,35H,5-6,17H2,1-4H3. The molecule has 0 bridgehead atoms. The van der Waals surface area contributed by atoms with Crippen molar-refractivity contribution in [2.75, 3.05) is 13.2 Å². The number of aryl methyl sites for hydroxylation is 2. The van der Waals surface area contributed by atoms with Gasteiger partial charge >= 0.3 is 0 Å². The van der Waals surface area contributed by atoms with Crippen molar-refractivity contribution in [3.63, 3.8) is 0 Å². The lowest BCUT2D eigenvalue weighted by Crippen LogP contribution is -2.29. The average Bonchev–Trinajstić information content (AvgIpc) is 3.40. The molecule has 1 aliphatic heterocycles. The van der Waals surface area contributed by atoms with Crippen LogP contribution in [-0.2, 0) is 16.1 Å². The number of imidazole rings is 1.